The molecule has 1 fully saturated rings. The molecule has 1 aliphatic carbocycles. The Morgan fingerprint density at radius 3 is 2.40 bits per heavy atom. The molecule has 90 valence electrons. The zero-order valence-corrected chi connectivity index (χ0v) is 10.7. The van der Waals surface area contributed by atoms with Gasteiger partial charge >= 0.3 is 0 Å². The molecule has 3 heteroatoms. The van der Waals surface area contributed by atoms with Gasteiger partial charge in [-0.25, -0.2) is 0 Å². The number of likely N-dealkylation sites (N-methyl/N-ethyl adjacent to an activating group) is 1. The summed E-state index contributed by atoms with van der Waals surface area (Å²) in [6, 6.07) is 0.451. The Bertz CT molecular complexity index is 176. The number of hydrogen-bond donors (Lipinski definition) is 1. The third kappa shape index (κ3) is 3.44. The van der Waals surface area contributed by atoms with Crippen molar-refractivity contribution in [3.63, 3.8) is 0 Å². The molecule has 1 rings (SSSR count). The van der Waals surface area contributed by atoms with Crippen molar-refractivity contribution < 1.29 is 4.74 Å². The van der Waals surface area contributed by atoms with Gasteiger partial charge in [-0.1, -0.05) is 12.8 Å². The van der Waals surface area contributed by atoms with Gasteiger partial charge in [0.15, 0.2) is 0 Å². The lowest BCUT2D eigenvalue weighted by atomic mass is 9.95. The minimum atomic E-state index is 0.391. The monoisotopic (exact) mass is 214 g/mol. The molecule has 0 radical (unpaired) electrons. The van der Waals surface area contributed by atoms with E-state index in [4.69, 9.17) is 4.74 Å². The highest BCUT2D eigenvalue weighted by molar-refractivity contribution is 4.94. The summed E-state index contributed by atoms with van der Waals surface area (Å²) >= 11 is 0. The van der Waals surface area contributed by atoms with Crippen molar-refractivity contribution in [2.45, 2.75) is 44.2 Å². The van der Waals surface area contributed by atoms with Gasteiger partial charge in [0.05, 0.1) is 6.61 Å². The number of hydrogen-bond acceptors (Lipinski definition) is 3. The molecule has 1 saturated carbocycles. The first-order chi connectivity index (χ1) is 7.10. The third-order valence-electron chi connectivity index (χ3n) is 3.68. The summed E-state index contributed by atoms with van der Waals surface area (Å²) in [5.41, 5.74) is 0.391. The molecule has 0 bridgehead atoms. The fourth-order valence-corrected chi connectivity index (χ4v) is 2.49. The lowest BCUT2D eigenvalue weighted by Crippen LogP contribution is -2.51. The summed E-state index contributed by atoms with van der Waals surface area (Å²) in [5, 5.41) is 3.58. The molecule has 0 aromatic carbocycles. The van der Waals surface area contributed by atoms with Crippen LogP contribution in [0, 0.1) is 0 Å². The maximum atomic E-state index is 5.14. The SMILES string of the molecule is COCC(C)NCC1(N(C)C)CCCC1. The number of rotatable bonds is 6. The number of methoxy groups -OCH3 is 1. The average molecular weight is 214 g/mol. The minimum Gasteiger partial charge on any atom is -0.383 e. The fourth-order valence-electron chi connectivity index (χ4n) is 2.49. The summed E-state index contributed by atoms with van der Waals surface area (Å²) in [7, 11) is 6.16. The predicted octanol–water partition coefficient (Wildman–Crippen LogP) is 1.49. The molecule has 0 amide bonds. The number of ether oxygens (including phenoxy) is 1. The lowest BCUT2D eigenvalue weighted by molar-refractivity contribution is 0.130. The summed E-state index contributed by atoms with van der Waals surface area (Å²) < 4.78 is 5.14. The molecule has 0 heterocycles. The van der Waals surface area contributed by atoms with E-state index < -0.39 is 0 Å². The van der Waals surface area contributed by atoms with Gasteiger partial charge in [-0.15, -0.1) is 0 Å². The van der Waals surface area contributed by atoms with Gasteiger partial charge in [-0.05, 0) is 33.9 Å². The van der Waals surface area contributed by atoms with Crippen LogP contribution >= 0.6 is 0 Å². The Hall–Kier alpha value is -0.120. The topological polar surface area (TPSA) is 24.5 Å². The second kappa shape index (κ2) is 5.83. The molecule has 0 aromatic heterocycles. The van der Waals surface area contributed by atoms with E-state index >= 15 is 0 Å². The van der Waals surface area contributed by atoms with Crippen LogP contribution in [0.25, 0.3) is 0 Å². The van der Waals surface area contributed by atoms with E-state index in [2.05, 4.69) is 31.2 Å². The summed E-state index contributed by atoms with van der Waals surface area (Å²) in [6.45, 7) is 4.07. The van der Waals surface area contributed by atoms with Gasteiger partial charge in [-0.3, -0.25) is 0 Å². The van der Waals surface area contributed by atoms with Gasteiger partial charge in [-0.2, -0.15) is 0 Å². The Morgan fingerprint density at radius 2 is 1.93 bits per heavy atom. The Morgan fingerprint density at radius 1 is 1.33 bits per heavy atom. The van der Waals surface area contributed by atoms with Gasteiger partial charge in [0.1, 0.15) is 0 Å². The van der Waals surface area contributed by atoms with Crippen LogP contribution in [0.4, 0.5) is 0 Å². The molecule has 3 nitrogen and oxygen atoms in total. The fraction of sp³-hybridized carbons (Fsp3) is 1.00. The van der Waals surface area contributed by atoms with Crippen LogP contribution in [0.3, 0.4) is 0 Å². The second-order valence-electron chi connectivity index (χ2n) is 5.06. The normalized spacial score (nSPS) is 22.2. The lowest BCUT2D eigenvalue weighted by Gasteiger charge is -2.37. The van der Waals surface area contributed by atoms with Crippen molar-refractivity contribution in [3.8, 4) is 0 Å². The Labute approximate surface area is 94.2 Å². The van der Waals surface area contributed by atoms with Crippen molar-refractivity contribution in [2.24, 2.45) is 0 Å². The van der Waals surface area contributed by atoms with Gasteiger partial charge < -0.3 is 15.0 Å². The van der Waals surface area contributed by atoms with E-state index in [0.29, 0.717) is 11.6 Å². The van der Waals surface area contributed by atoms with Crippen molar-refractivity contribution in [2.75, 3.05) is 34.4 Å². The van der Waals surface area contributed by atoms with Crippen LogP contribution in [0.2, 0.25) is 0 Å². The number of nitrogens with zero attached hydrogens (tertiary/aromatic N) is 1. The molecule has 0 aromatic rings. The Kier molecular flexibility index (Phi) is 5.03. The van der Waals surface area contributed by atoms with E-state index in [0.717, 1.165) is 13.2 Å². The van der Waals surface area contributed by atoms with E-state index in [1.807, 2.05) is 0 Å². The molecule has 1 unspecified atom stereocenters. The standard InChI is InChI=1S/C12H26N2O/c1-11(9-15-4)13-10-12(14(2)3)7-5-6-8-12/h11,13H,5-10H2,1-4H3. The average Bonchev–Trinajstić information content (AvgIpc) is 2.65. The van der Waals surface area contributed by atoms with Gasteiger partial charge in [0.25, 0.3) is 0 Å². The molecule has 0 aliphatic heterocycles. The molecule has 1 atom stereocenters. The van der Waals surface area contributed by atoms with E-state index in [1.165, 1.54) is 25.7 Å². The zero-order chi connectivity index (χ0) is 11.3. The van der Waals surface area contributed by atoms with Crippen LogP contribution in [-0.4, -0.2) is 50.8 Å². The van der Waals surface area contributed by atoms with E-state index in [1.54, 1.807) is 7.11 Å². The first-order valence-electron chi connectivity index (χ1n) is 6.00. The maximum Gasteiger partial charge on any atom is 0.0613 e. The summed E-state index contributed by atoms with van der Waals surface area (Å²) in [4.78, 5) is 2.40. The molecule has 1 N–H and O–H groups in total. The van der Waals surface area contributed by atoms with E-state index in [9.17, 15) is 0 Å². The quantitative estimate of drug-likeness (QED) is 0.725. The highest BCUT2D eigenvalue weighted by Crippen LogP contribution is 2.33. The highest BCUT2D eigenvalue weighted by Gasteiger charge is 2.35. The highest BCUT2D eigenvalue weighted by atomic mass is 16.5. The molecule has 1 aliphatic rings. The van der Waals surface area contributed by atoms with Crippen LogP contribution in [0.15, 0.2) is 0 Å². The molecule has 15 heavy (non-hydrogen) atoms. The second-order valence-corrected chi connectivity index (χ2v) is 5.06. The van der Waals surface area contributed by atoms with Crippen LogP contribution in [0.1, 0.15) is 32.6 Å². The van der Waals surface area contributed by atoms with E-state index in [-0.39, 0.29) is 0 Å². The maximum absolute atomic E-state index is 5.14. The van der Waals surface area contributed by atoms with Gasteiger partial charge in [0.2, 0.25) is 0 Å². The molecule has 0 saturated heterocycles. The van der Waals surface area contributed by atoms with Crippen LogP contribution < -0.4 is 5.32 Å². The molecular formula is C12H26N2O. The van der Waals surface area contributed by atoms with Crippen LogP contribution in [0.5, 0.6) is 0 Å². The van der Waals surface area contributed by atoms with Crippen molar-refractivity contribution >= 4 is 0 Å². The molecule has 0 spiro atoms. The zero-order valence-electron chi connectivity index (χ0n) is 10.7. The summed E-state index contributed by atoms with van der Waals surface area (Å²) in [5.74, 6) is 0. The predicted molar refractivity (Wildman–Crippen MR) is 64.2 cm³/mol. The van der Waals surface area contributed by atoms with Gasteiger partial charge in [0, 0.05) is 25.2 Å². The van der Waals surface area contributed by atoms with Crippen molar-refractivity contribution in [1.29, 1.82) is 0 Å². The minimum absolute atomic E-state index is 0.391. The first-order valence-corrected chi connectivity index (χ1v) is 6.00. The smallest absolute Gasteiger partial charge is 0.0613 e. The summed E-state index contributed by atoms with van der Waals surface area (Å²) in [6.07, 6.45) is 5.40. The number of nitrogens with one attached hydrogen (secondary N) is 1. The Balaban J connectivity index is 2.39. The van der Waals surface area contributed by atoms with Crippen LogP contribution in [-0.2, 0) is 4.74 Å². The van der Waals surface area contributed by atoms with Crippen molar-refractivity contribution in [1.82, 2.24) is 10.2 Å². The molecular weight excluding hydrogens is 188 g/mol. The van der Waals surface area contributed by atoms with Crippen molar-refractivity contribution in [3.05, 3.63) is 0 Å². The largest absolute Gasteiger partial charge is 0.383 e. The first kappa shape index (κ1) is 12.9. The third-order valence-corrected chi connectivity index (χ3v) is 3.68.